The molecule has 0 bridgehead atoms. The minimum absolute atomic E-state index is 0.0183. The predicted molar refractivity (Wildman–Crippen MR) is 99.1 cm³/mol. The van der Waals surface area contributed by atoms with Crippen LogP contribution in [0, 0.1) is 5.82 Å². The van der Waals surface area contributed by atoms with Crippen molar-refractivity contribution in [2.75, 3.05) is 13.1 Å². The predicted octanol–water partition coefficient (Wildman–Crippen LogP) is 6.00. The van der Waals surface area contributed by atoms with E-state index < -0.39 is 53.0 Å². The van der Waals surface area contributed by atoms with E-state index in [9.17, 15) is 40.6 Å². The Morgan fingerprint density at radius 1 is 0.969 bits per heavy atom. The Labute approximate surface area is 177 Å². The first-order chi connectivity index (χ1) is 14.8. The minimum atomic E-state index is -4.98. The smallest absolute Gasteiger partial charge is 0.416 e. The molecule has 3 rings (SSSR count). The van der Waals surface area contributed by atoms with E-state index in [4.69, 9.17) is 4.74 Å². The van der Waals surface area contributed by atoms with E-state index in [0.717, 1.165) is 17.2 Å². The van der Waals surface area contributed by atoms with Gasteiger partial charge < -0.3 is 14.7 Å². The highest BCUT2D eigenvalue weighted by atomic mass is 19.4. The lowest BCUT2D eigenvalue weighted by Gasteiger charge is -2.18. The normalized spacial score (nSPS) is 19.5. The van der Waals surface area contributed by atoms with Gasteiger partial charge in [0.05, 0.1) is 23.9 Å². The molecule has 1 aliphatic heterocycles. The van der Waals surface area contributed by atoms with Crippen LogP contribution in [0.1, 0.15) is 28.2 Å². The molecule has 172 valence electrons. The van der Waals surface area contributed by atoms with E-state index in [1.807, 2.05) is 0 Å². The fourth-order valence-electron chi connectivity index (χ4n) is 3.39. The average Bonchev–Trinajstić information content (AvgIpc) is 3.11. The van der Waals surface area contributed by atoms with Gasteiger partial charge in [-0.25, -0.2) is 9.18 Å². The van der Waals surface area contributed by atoms with Crippen LogP contribution in [0.15, 0.2) is 48.7 Å². The number of likely N-dealkylation sites (tertiary alicyclic amines) is 1. The molecule has 4 nitrogen and oxygen atoms in total. The fraction of sp³-hybridized carbons (Fsp3) is 0.286. The molecule has 0 spiro atoms. The molecular weight excluding hydrogens is 447 g/mol. The van der Waals surface area contributed by atoms with Crippen LogP contribution < -0.4 is 0 Å². The maximum absolute atomic E-state index is 13.2. The Balaban J connectivity index is 1.84. The maximum atomic E-state index is 13.2. The topological polar surface area (TPSA) is 49.8 Å². The summed E-state index contributed by atoms with van der Waals surface area (Å²) < 4.78 is 96.6. The summed E-state index contributed by atoms with van der Waals surface area (Å²) in [5.74, 6) is -1.01. The highest BCUT2D eigenvalue weighted by Gasteiger charge is 2.38. The van der Waals surface area contributed by atoms with Crippen molar-refractivity contribution >= 4 is 12.2 Å². The van der Waals surface area contributed by atoms with Crippen molar-refractivity contribution in [2.24, 2.45) is 0 Å². The van der Waals surface area contributed by atoms with Crippen LogP contribution in [-0.4, -0.2) is 35.3 Å². The zero-order valence-electron chi connectivity index (χ0n) is 16.1. The lowest BCUT2D eigenvalue weighted by molar-refractivity contribution is -0.143. The average molecular weight is 463 g/mol. The molecular formula is C21H16F7NO3. The van der Waals surface area contributed by atoms with E-state index >= 15 is 0 Å². The molecule has 2 aromatic carbocycles. The van der Waals surface area contributed by atoms with E-state index in [1.54, 1.807) is 0 Å². The van der Waals surface area contributed by atoms with Gasteiger partial charge in [0.25, 0.3) is 0 Å². The van der Waals surface area contributed by atoms with Gasteiger partial charge in [-0.2, -0.15) is 26.3 Å². The zero-order valence-corrected chi connectivity index (χ0v) is 16.1. The highest BCUT2D eigenvalue weighted by Crippen LogP contribution is 2.37. The molecule has 2 atom stereocenters. The number of amides is 1. The molecule has 2 aromatic rings. The van der Waals surface area contributed by atoms with Crippen molar-refractivity contribution in [2.45, 2.75) is 24.4 Å². The molecule has 1 amide bonds. The van der Waals surface area contributed by atoms with Crippen LogP contribution in [0.2, 0.25) is 0 Å². The highest BCUT2D eigenvalue weighted by molar-refractivity contribution is 5.65. The van der Waals surface area contributed by atoms with E-state index in [1.165, 1.54) is 24.3 Å². The molecule has 1 aliphatic rings. The summed E-state index contributed by atoms with van der Waals surface area (Å²) in [4.78, 5) is 12.4. The SMILES string of the molecule is O=C(O)N1CC(OC=Cc2cc(C(F)(F)F)cc(C(F)(F)F)c2)C(c2ccc(F)cc2)C1. The fourth-order valence-corrected chi connectivity index (χ4v) is 3.39. The third-order valence-corrected chi connectivity index (χ3v) is 4.96. The van der Waals surface area contributed by atoms with Gasteiger partial charge in [0, 0.05) is 12.5 Å². The molecule has 11 heteroatoms. The minimum Gasteiger partial charge on any atom is -0.495 e. The van der Waals surface area contributed by atoms with Crippen LogP contribution in [0.3, 0.4) is 0 Å². The lowest BCUT2D eigenvalue weighted by Crippen LogP contribution is -2.27. The summed E-state index contributed by atoms with van der Waals surface area (Å²) in [6.07, 6.45) is -10.1. The Morgan fingerprint density at radius 2 is 1.53 bits per heavy atom. The van der Waals surface area contributed by atoms with Gasteiger partial charge in [-0.1, -0.05) is 12.1 Å². The van der Waals surface area contributed by atoms with Gasteiger partial charge in [0.1, 0.15) is 11.9 Å². The Morgan fingerprint density at radius 3 is 2.03 bits per heavy atom. The quantitative estimate of drug-likeness (QED) is 0.447. The summed E-state index contributed by atoms with van der Waals surface area (Å²) in [5.41, 5.74) is -2.74. The second-order valence-electron chi connectivity index (χ2n) is 7.16. The van der Waals surface area contributed by atoms with Crippen LogP contribution in [0.5, 0.6) is 0 Å². The van der Waals surface area contributed by atoms with Crippen LogP contribution in [0.25, 0.3) is 6.08 Å². The number of rotatable bonds is 4. The van der Waals surface area contributed by atoms with Crippen molar-refractivity contribution in [1.82, 2.24) is 4.90 Å². The molecule has 0 radical (unpaired) electrons. The number of benzene rings is 2. The second-order valence-corrected chi connectivity index (χ2v) is 7.16. The van der Waals surface area contributed by atoms with E-state index in [2.05, 4.69) is 0 Å². The molecule has 0 aromatic heterocycles. The van der Waals surface area contributed by atoms with Gasteiger partial charge in [0.2, 0.25) is 0 Å². The van der Waals surface area contributed by atoms with Crippen molar-refractivity contribution in [3.8, 4) is 0 Å². The Kier molecular flexibility index (Phi) is 6.38. The monoisotopic (exact) mass is 463 g/mol. The molecule has 0 saturated carbocycles. The molecule has 1 saturated heterocycles. The Bertz CT molecular complexity index is 968. The maximum Gasteiger partial charge on any atom is 0.416 e. The first-order valence-electron chi connectivity index (χ1n) is 9.19. The number of nitrogens with zero attached hydrogens (tertiary/aromatic N) is 1. The standard InChI is InChI=1S/C21H16F7NO3/c22-16-3-1-13(2-4-16)17-10-29(19(30)31)11-18(17)32-6-5-12-7-14(20(23,24)25)9-15(8-12)21(26,27)28/h1-9,17-18H,10-11H2,(H,30,31). The number of ether oxygens (including phenoxy) is 1. The number of alkyl halides is 6. The van der Waals surface area contributed by atoms with Gasteiger partial charge in [-0.05, 0) is 47.5 Å². The summed E-state index contributed by atoms with van der Waals surface area (Å²) in [7, 11) is 0. The van der Waals surface area contributed by atoms with Crippen molar-refractivity contribution in [1.29, 1.82) is 0 Å². The summed E-state index contributed by atoms with van der Waals surface area (Å²) in [5, 5.41) is 9.24. The van der Waals surface area contributed by atoms with Gasteiger partial charge in [-0.3, -0.25) is 0 Å². The molecule has 1 N–H and O–H groups in total. The number of carbonyl (C=O) groups is 1. The molecule has 32 heavy (non-hydrogen) atoms. The third-order valence-electron chi connectivity index (χ3n) is 4.96. The van der Waals surface area contributed by atoms with Gasteiger partial charge in [0.15, 0.2) is 0 Å². The van der Waals surface area contributed by atoms with Crippen LogP contribution in [0.4, 0.5) is 35.5 Å². The van der Waals surface area contributed by atoms with Crippen LogP contribution in [-0.2, 0) is 17.1 Å². The van der Waals surface area contributed by atoms with Crippen molar-refractivity contribution < 1.29 is 45.4 Å². The zero-order chi connectivity index (χ0) is 23.7. The van der Waals surface area contributed by atoms with Gasteiger partial charge in [-0.15, -0.1) is 0 Å². The van der Waals surface area contributed by atoms with E-state index in [0.29, 0.717) is 17.7 Å². The number of carboxylic acid groups (broad SMARTS) is 1. The molecule has 1 fully saturated rings. The lowest BCUT2D eigenvalue weighted by atomic mass is 9.96. The van der Waals surface area contributed by atoms with Crippen molar-refractivity contribution in [3.05, 3.63) is 76.8 Å². The first kappa shape index (κ1) is 23.4. The molecule has 0 aliphatic carbocycles. The van der Waals surface area contributed by atoms with E-state index in [-0.39, 0.29) is 19.2 Å². The first-order valence-corrected chi connectivity index (χ1v) is 9.19. The second kappa shape index (κ2) is 8.71. The Hall–Kier alpha value is -3.24. The molecule has 1 heterocycles. The number of hydrogen-bond acceptors (Lipinski definition) is 2. The van der Waals surface area contributed by atoms with Gasteiger partial charge >= 0.3 is 18.4 Å². The number of halogens is 7. The third kappa shape index (κ3) is 5.51. The number of hydrogen-bond donors (Lipinski definition) is 1. The van der Waals surface area contributed by atoms with Crippen molar-refractivity contribution in [3.63, 3.8) is 0 Å². The summed E-state index contributed by atoms with van der Waals surface area (Å²) in [6, 6.07) is 6.39. The largest absolute Gasteiger partial charge is 0.495 e. The summed E-state index contributed by atoms with van der Waals surface area (Å²) >= 11 is 0. The molecule has 2 unspecified atom stereocenters. The summed E-state index contributed by atoms with van der Waals surface area (Å²) in [6.45, 7) is -0.0562. The van der Waals surface area contributed by atoms with Crippen LogP contribution >= 0.6 is 0 Å².